The first-order chi connectivity index (χ1) is 21.3. The summed E-state index contributed by atoms with van der Waals surface area (Å²) < 4.78 is 12.2. The lowest BCUT2D eigenvalue weighted by atomic mass is 9.63. The van der Waals surface area contributed by atoms with Crippen LogP contribution in [0.2, 0.25) is 0 Å². The summed E-state index contributed by atoms with van der Waals surface area (Å²) in [7, 11) is 1.59. The van der Waals surface area contributed by atoms with Gasteiger partial charge in [-0.3, -0.25) is 9.59 Å². The predicted molar refractivity (Wildman–Crippen MR) is 174 cm³/mol. The van der Waals surface area contributed by atoms with Crippen molar-refractivity contribution in [2.75, 3.05) is 13.7 Å². The first-order valence-corrected chi connectivity index (χ1v) is 15.9. The highest BCUT2D eigenvalue weighted by Gasteiger charge is 2.49. The van der Waals surface area contributed by atoms with Crippen molar-refractivity contribution in [3.63, 3.8) is 0 Å². The van der Waals surface area contributed by atoms with Gasteiger partial charge in [0, 0.05) is 53.4 Å². The molecule has 2 aromatic carbocycles. The van der Waals surface area contributed by atoms with Gasteiger partial charge < -0.3 is 19.5 Å². The maximum absolute atomic E-state index is 14.1. The molecule has 3 aliphatic rings. The minimum Gasteiger partial charge on any atom is -0.493 e. The molecule has 238 valence electrons. The molecule has 5 rings (SSSR count). The van der Waals surface area contributed by atoms with Crippen LogP contribution in [0.15, 0.2) is 71.6 Å². The van der Waals surface area contributed by atoms with Crippen LogP contribution in [0.4, 0.5) is 0 Å². The zero-order valence-corrected chi connectivity index (χ0v) is 27.4. The molecule has 2 aromatic rings. The number of hydrogen-bond acceptors (Lipinski definition) is 6. The third kappa shape index (κ3) is 6.35. The standard InChI is InChI=1S/C38H45NO6/c1-8-10-25-16-26(17-31(44-7)35(25)45-22-23-11-13-24(14-12-23)36(42)43)32-33-27(18-37(3,4)20-29(33)40)39(15-9-2)28-19-38(5,6)21-30(41)34(28)32/h8,11-14,16-17,32H,1,9-10,15,18-22H2,2-7H3,(H,42,43). The molecule has 0 atom stereocenters. The van der Waals surface area contributed by atoms with Crippen LogP contribution in [0.3, 0.4) is 0 Å². The van der Waals surface area contributed by atoms with E-state index in [0.29, 0.717) is 30.8 Å². The Morgan fingerprint density at radius 2 is 1.56 bits per heavy atom. The lowest BCUT2D eigenvalue weighted by Crippen LogP contribution is -2.44. The Kier molecular flexibility index (Phi) is 8.85. The molecule has 7 nitrogen and oxygen atoms in total. The zero-order chi connectivity index (χ0) is 32.7. The van der Waals surface area contributed by atoms with Crippen LogP contribution in [0.1, 0.15) is 99.7 Å². The van der Waals surface area contributed by atoms with E-state index in [1.807, 2.05) is 12.1 Å². The maximum atomic E-state index is 14.1. The molecular weight excluding hydrogens is 566 g/mol. The molecule has 0 saturated heterocycles. The molecular formula is C38H45NO6. The average Bonchev–Trinajstić information content (AvgIpc) is 2.96. The Labute approximate surface area is 266 Å². The fourth-order valence-electron chi connectivity index (χ4n) is 7.25. The van der Waals surface area contributed by atoms with Gasteiger partial charge >= 0.3 is 5.97 Å². The van der Waals surface area contributed by atoms with Crippen molar-refractivity contribution < 1.29 is 29.0 Å². The molecule has 2 aliphatic carbocycles. The van der Waals surface area contributed by atoms with Crippen LogP contribution in [-0.2, 0) is 22.6 Å². The molecule has 0 amide bonds. The molecule has 0 radical (unpaired) electrons. The van der Waals surface area contributed by atoms with E-state index in [9.17, 15) is 19.5 Å². The van der Waals surface area contributed by atoms with Crippen molar-refractivity contribution >= 4 is 17.5 Å². The van der Waals surface area contributed by atoms with E-state index in [1.54, 1.807) is 37.5 Å². The van der Waals surface area contributed by atoms with E-state index in [0.717, 1.165) is 65.0 Å². The second-order valence-electron chi connectivity index (χ2n) is 14.2. The van der Waals surface area contributed by atoms with E-state index in [4.69, 9.17) is 9.47 Å². The second kappa shape index (κ2) is 12.3. The number of carbonyl (C=O) groups excluding carboxylic acids is 2. The van der Waals surface area contributed by atoms with Gasteiger partial charge in [0.1, 0.15) is 6.61 Å². The first-order valence-electron chi connectivity index (χ1n) is 15.9. The topological polar surface area (TPSA) is 93.1 Å². The molecule has 7 heteroatoms. The minimum absolute atomic E-state index is 0.103. The highest BCUT2D eigenvalue weighted by molar-refractivity contribution is 6.07. The smallest absolute Gasteiger partial charge is 0.335 e. The van der Waals surface area contributed by atoms with Crippen LogP contribution in [-0.4, -0.2) is 41.2 Å². The van der Waals surface area contributed by atoms with Crippen LogP contribution in [0.5, 0.6) is 11.5 Å². The number of rotatable bonds is 10. The monoisotopic (exact) mass is 611 g/mol. The molecule has 1 heterocycles. The van der Waals surface area contributed by atoms with E-state index < -0.39 is 11.9 Å². The Morgan fingerprint density at radius 1 is 0.978 bits per heavy atom. The molecule has 1 aliphatic heterocycles. The number of Topliss-reactive ketones (excluding diaryl/α,β-unsaturated/α-hetero) is 2. The van der Waals surface area contributed by atoms with Gasteiger partial charge in [0.2, 0.25) is 0 Å². The summed E-state index contributed by atoms with van der Waals surface area (Å²) in [4.78, 5) is 41.8. The number of hydrogen-bond donors (Lipinski definition) is 1. The number of aromatic carboxylic acids is 1. The predicted octanol–water partition coefficient (Wildman–Crippen LogP) is 7.80. The molecule has 0 unspecified atom stereocenters. The summed E-state index contributed by atoms with van der Waals surface area (Å²) in [6.45, 7) is 15.7. The molecule has 0 spiro atoms. The largest absolute Gasteiger partial charge is 0.493 e. The van der Waals surface area contributed by atoms with Crippen molar-refractivity contribution in [1.29, 1.82) is 0 Å². The SMILES string of the molecule is C=CCc1cc(C2C3=C(CC(C)(C)CC3=O)N(CCC)C3=C2C(=O)CC(C)(C)C3)cc(OC)c1OCc1ccc(C(=O)O)cc1. The van der Waals surface area contributed by atoms with Crippen molar-refractivity contribution in [1.82, 2.24) is 4.90 Å². The third-order valence-electron chi connectivity index (χ3n) is 9.12. The number of nitrogens with zero attached hydrogens (tertiary/aromatic N) is 1. The zero-order valence-electron chi connectivity index (χ0n) is 27.4. The summed E-state index contributed by atoms with van der Waals surface area (Å²) in [6, 6.07) is 10.5. The van der Waals surface area contributed by atoms with Crippen LogP contribution in [0, 0.1) is 10.8 Å². The highest BCUT2D eigenvalue weighted by atomic mass is 16.5. The summed E-state index contributed by atoms with van der Waals surface area (Å²) in [6.07, 6.45) is 5.61. The Morgan fingerprint density at radius 3 is 2.04 bits per heavy atom. The van der Waals surface area contributed by atoms with E-state index in [1.165, 1.54) is 0 Å². The summed E-state index contributed by atoms with van der Waals surface area (Å²) >= 11 is 0. The molecule has 0 fully saturated rings. The van der Waals surface area contributed by atoms with Gasteiger partial charge in [0.05, 0.1) is 12.7 Å². The summed E-state index contributed by atoms with van der Waals surface area (Å²) in [5.74, 6) is -0.186. The van der Waals surface area contributed by atoms with Gasteiger partial charge in [-0.15, -0.1) is 6.58 Å². The molecule has 1 N–H and O–H groups in total. The number of ether oxygens (including phenoxy) is 2. The lowest BCUT2D eigenvalue weighted by Gasteiger charge is -2.49. The Hall–Kier alpha value is -4.13. The molecule has 0 bridgehead atoms. The number of methoxy groups -OCH3 is 1. The van der Waals surface area contributed by atoms with E-state index in [-0.39, 0.29) is 34.6 Å². The quantitative estimate of drug-likeness (QED) is 0.274. The van der Waals surface area contributed by atoms with Gasteiger partial charge in [-0.25, -0.2) is 4.79 Å². The Bertz CT molecular complexity index is 1550. The maximum Gasteiger partial charge on any atom is 0.335 e. The number of ketones is 2. The fraction of sp³-hybridized carbons (Fsp3) is 0.447. The number of carboxylic acids is 1. The van der Waals surface area contributed by atoms with Crippen LogP contribution in [0.25, 0.3) is 0 Å². The van der Waals surface area contributed by atoms with Gasteiger partial charge in [-0.2, -0.15) is 0 Å². The normalized spacial score (nSPS) is 19.3. The van der Waals surface area contributed by atoms with Crippen molar-refractivity contribution in [3.8, 4) is 11.5 Å². The number of benzene rings is 2. The lowest BCUT2D eigenvalue weighted by molar-refractivity contribution is -0.119. The van der Waals surface area contributed by atoms with Crippen LogP contribution >= 0.6 is 0 Å². The minimum atomic E-state index is -0.981. The van der Waals surface area contributed by atoms with Gasteiger partial charge in [0.25, 0.3) is 0 Å². The summed E-state index contributed by atoms with van der Waals surface area (Å²) in [5.41, 5.74) is 5.96. The summed E-state index contributed by atoms with van der Waals surface area (Å²) in [5, 5.41) is 9.24. The average molecular weight is 612 g/mol. The van der Waals surface area contributed by atoms with Crippen molar-refractivity contribution in [2.24, 2.45) is 10.8 Å². The van der Waals surface area contributed by atoms with E-state index in [2.05, 4.69) is 46.1 Å². The number of allylic oxidation sites excluding steroid dienone is 5. The van der Waals surface area contributed by atoms with Crippen molar-refractivity contribution in [2.45, 2.75) is 85.7 Å². The molecule has 0 aromatic heterocycles. The molecule has 45 heavy (non-hydrogen) atoms. The molecule has 0 saturated carbocycles. The number of carboxylic acid groups (broad SMARTS) is 1. The van der Waals surface area contributed by atoms with E-state index >= 15 is 0 Å². The second-order valence-corrected chi connectivity index (χ2v) is 14.2. The fourth-order valence-corrected chi connectivity index (χ4v) is 7.25. The highest BCUT2D eigenvalue weighted by Crippen LogP contribution is 2.55. The Balaban J connectivity index is 1.66. The number of carbonyl (C=O) groups is 3. The first kappa shape index (κ1) is 32.3. The third-order valence-corrected chi connectivity index (χ3v) is 9.12. The van der Waals surface area contributed by atoms with Gasteiger partial charge in [0.15, 0.2) is 23.1 Å². The van der Waals surface area contributed by atoms with Crippen molar-refractivity contribution in [3.05, 3.63) is 93.8 Å². The van der Waals surface area contributed by atoms with Gasteiger partial charge in [-0.05, 0) is 65.8 Å². The van der Waals surface area contributed by atoms with Gasteiger partial charge in [-0.1, -0.05) is 58.9 Å². The van der Waals surface area contributed by atoms with Crippen LogP contribution < -0.4 is 9.47 Å².